The van der Waals surface area contributed by atoms with Crippen LogP contribution in [0.25, 0.3) is 0 Å². The molecule has 27 heavy (non-hydrogen) atoms. The largest absolute Gasteiger partial charge is 0.493 e. The van der Waals surface area contributed by atoms with Gasteiger partial charge in [0.2, 0.25) is 0 Å². The molecule has 1 amide bonds. The van der Waals surface area contributed by atoms with Gasteiger partial charge in [-0.1, -0.05) is 43.1 Å². The third-order valence-corrected chi connectivity index (χ3v) is 4.36. The maximum Gasteiger partial charge on any atom is 0.338 e. The molecule has 2 aromatic rings. The van der Waals surface area contributed by atoms with E-state index in [1.54, 1.807) is 43.3 Å². The summed E-state index contributed by atoms with van der Waals surface area (Å²) < 4.78 is 10.6. The van der Waals surface area contributed by atoms with E-state index in [2.05, 4.69) is 5.32 Å². The molecule has 0 atom stereocenters. The quantitative estimate of drug-likeness (QED) is 0.643. The molecule has 0 unspecified atom stereocenters. The van der Waals surface area contributed by atoms with Gasteiger partial charge in [0.25, 0.3) is 5.91 Å². The van der Waals surface area contributed by atoms with Crippen molar-refractivity contribution in [2.45, 2.75) is 20.8 Å². The molecule has 0 saturated heterocycles. The lowest BCUT2D eigenvalue weighted by molar-refractivity contribution is -0.119. The summed E-state index contributed by atoms with van der Waals surface area (Å²) in [4.78, 5) is 24.1. The van der Waals surface area contributed by atoms with E-state index in [4.69, 9.17) is 32.7 Å². The highest BCUT2D eigenvalue weighted by Gasteiger charge is 2.14. The first kappa shape index (κ1) is 21.1. The fourth-order valence-electron chi connectivity index (χ4n) is 2.11. The molecule has 0 aliphatic carbocycles. The van der Waals surface area contributed by atoms with Crippen LogP contribution in [0.4, 0.5) is 5.69 Å². The zero-order chi connectivity index (χ0) is 20.0. The zero-order valence-electron chi connectivity index (χ0n) is 15.3. The Morgan fingerprint density at radius 3 is 2.37 bits per heavy atom. The van der Waals surface area contributed by atoms with E-state index in [1.807, 2.05) is 13.8 Å². The molecule has 0 aliphatic heterocycles. The van der Waals surface area contributed by atoms with E-state index in [1.165, 1.54) is 0 Å². The van der Waals surface area contributed by atoms with Crippen LogP contribution < -0.4 is 10.1 Å². The van der Waals surface area contributed by atoms with Crippen molar-refractivity contribution in [3.05, 3.63) is 57.6 Å². The van der Waals surface area contributed by atoms with E-state index in [0.29, 0.717) is 39.6 Å². The average molecular weight is 410 g/mol. The van der Waals surface area contributed by atoms with Gasteiger partial charge < -0.3 is 14.8 Å². The fraction of sp³-hybridized carbons (Fsp3) is 0.300. The van der Waals surface area contributed by atoms with Gasteiger partial charge in [-0.3, -0.25) is 4.79 Å². The molecule has 0 aromatic heterocycles. The molecule has 1 N–H and O–H groups in total. The molecular formula is C20H21Cl2NO4. The number of ether oxygens (including phenoxy) is 2. The van der Waals surface area contributed by atoms with Crippen molar-refractivity contribution in [3.63, 3.8) is 0 Å². The van der Waals surface area contributed by atoms with Gasteiger partial charge >= 0.3 is 5.97 Å². The number of hydrogen-bond acceptors (Lipinski definition) is 4. The summed E-state index contributed by atoms with van der Waals surface area (Å²) in [7, 11) is 0. The number of halogens is 2. The lowest BCUT2D eigenvalue weighted by Crippen LogP contribution is -2.21. The zero-order valence-corrected chi connectivity index (χ0v) is 16.9. The molecule has 2 rings (SSSR count). The second-order valence-corrected chi connectivity index (χ2v) is 7.19. The van der Waals surface area contributed by atoms with E-state index < -0.39 is 18.5 Å². The Hall–Kier alpha value is -2.24. The number of carbonyl (C=O) groups is 2. The third kappa shape index (κ3) is 6.15. The Balaban J connectivity index is 1.90. The maximum atomic E-state index is 12.1. The molecule has 0 radical (unpaired) electrons. The molecular weight excluding hydrogens is 389 g/mol. The summed E-state index contributed by atoms with van der Waals surface area (Å²) in [6.45, 7) is 6.03. The Morgan fingerprint density at radius 1 is 1.07 bits per heavy atom. The maximum absolute atomic E-state index is 12.1. The fourth-order valence-corrected chi connectivity index (χ4v) is 2.58. The van der Waals surface area contributed by atoms with Crippen molar-refractivity contribution in [2.24, 2.45) is 5.92 Å². The highest BCUT2D eigenvalue weighted by molar-refractivity contribution is 6.40. The summed E-state index contributed by atoms with van der Waals surface area (Å²) in [5, 5.41) is 3.22. The van der Waals surface area contributed by atoms with Crippen LogP contribution in [0.1, 0.15) is 29.8 Å². The normalized spacial score (nSPS) is 10.6. The highest BCUT2D eigenvalue weighted by Crippen LogP contribution is 2.32. The van der Waals surface area contributed by atoms with Gasteiger partial charge in [0.1, 0.15) is 5.75 Å². The molecule has 5 nitrogen and oxygen atoms in total. The first-order chi connectivity index (χ1) is 12.8. The van der Waals surface area contributed by atoms with E-state index in [-0.39, 0.29) is 0 Å². The van der Waals surface area contributed by atoms with E-state index in [0.717, 1.165) is 5.56 Å². The summed E-state index contributed by atoms with van der Waals surface area (Å²) in [5.41, 5.74) is 1.39. The van der Waals surface area contributed by atoms with Crippen molar-refractivity contribution in [2.75, 3.05) is 18.5 Å². The molecule has 144 valence electrons. The van der Waals surface area contributed by atoms with Crippen molar-refractivity contribution >= 4 is 40.8 Å². The second-order valence-electron chi connectivity index (χ2n) is 6.41. The molecule has 0 heterocycles. The van der Waals surface area contributed by atoms with Crippen molar-refractivity contribution < 1.29 is 19.1 Å². The summed E-state index contributed by atoms with van der Waals surface area (Å²) in [5.74, 6) is -0.0677. The number of hydrogen-bond donors (Lipinski definition) is 1. The van der Waals surface area contributed by atoms with Crippen molar-refractivity contribution in [1.82, 2.24) is 0 Å². The van der Waals surface area contributed by atoms with Gasteiger partial charge in [-0.05, 0) is 48.7 Å². The number of carbonyl (C=O) groups excluding carboxylic acids is 2. The van der Waals surface area contributed by atoms with Gasteiger partial charge in [0.05, 0.1) is 27.9 Å². The average Bonchev–Trinajstić information content (AvgIpc) is 2.65. The molecule has 0 aliphatic rings. The number of esters is 1. The molecule has 0 saturated carbocycles. The highest BCUT2D eigenvalue weighted by atomic mass is 35.5. The summed E-state index contributed by atoms with van der Waals surface area (Å²) >= 11 is 12.2. The predicted octanol–water partition coefficient (Wildman–Crippen LogP) is 5.13. The SMILES string of the molecule is Cc1ccc(Cl)c(NC(=O)COC(=O)c2ccc(OCC(C)C)cc2)c1Cl. The Kier molecular flexibility index (Phi) is 7.51. The second kappa shape index (κ2) is 9.62. The number of benzene rings is 2. The minimum atomic E-state index is -0.609. The Bertz CT molecular complexity index is 819. The van der Waals surface area contributed by atoms with Gasteiger partial charge in [0.15, 0.2) is 6.61 Å². The molecule has 2 aromatic carbocycles. The van der Waals surface area contributed by atoms with Crippen molar-refractivity contribution in [3.8, 4) is 5.75 Å². The monoisotopic (exact) mass is 409 g/mol. The van der Waals surface area contributed by atoms with E-state index >= 15 is 0 Å². The third-order valence-electron chi connectivity index (χ3n) is 3.56. The van der Waals surface area contributed by atoms with Crippen LogP contribution in [-0.2, 0) is 9.53 Å². The summed E-state index contributed by atoms with van der Waals surface area (Å²) in [6.07, 6.45) is 0. The van der Waals surface area contributed by atoms with Crippen molar-refractivity contribution in [1.29, 1.82) is 0 Å². The van der Waals surface area contributed by atoms with Gasteiger partial charge in [-0.25, -0.2) is 4.79 Å². The lowest BCUT2D eigenvalue weighted by atomic mass is 10.2. The Morgan fingerprint density at radius 2 is 1.74 bits per heavy atom. The lowest BCUT2D eigenvalue weighted by Gasteiger charge is -2.11. The molecule has 0 spiro atoms. The standard InChI is InChI=1S/C20H21Cl2NO4/c1-12(2)10-26-15-7-5-14(6-8-15)20(25)27-11-17(24)23-19-16(21)9-4-13(3)18(19)22/h4-9,12H,10-11H2,1-3H3,(H,23,24). The smallest absolute Gasteiger partial charge is 0.338 e. The number of nitrogens with one attached hydrogen (secondary N) is 1. The van der Waals surface area contributed by atoms with Gasteiger partial charge in [-0.2, -0.15) is 0 Å². The van der Waals surface area contributed by atoms with Crippen LogP contribution in [0.5, 0.6) is 5.75 Å². The number of rotatable bonds is 7. The van der Waals surface area contributed by atoms with Crippen LogP contribution in [0.15, 0.2) is 36.4 Å². The first-order valence-corrected chi connectivity index (χ1v) is 9.18. The molecule has 0 bridgehead atoms. The number of aryl methyl sites for hydroxylation is 1. The number of anilines is 1. The minimum Gasteiger partial charge on any atom is -0.493 e. The first-order valence-electron chi connectivity index (χ1n) is 8.42. The minimum absolute atomic E-state index is 0.297. The van der Waals surface area contributed by atoms with Gasteiger partial charge in [0, 0.05) is 0 Å². The predicted molar refractivity (Wildman–Crippen MR) is 107 cm³/mol. The Labute approximate surface area is 168 Å². The van der Waals surface area contributed by atoms with Crippen LogP contribution >= 0.6 is 23.2 Å². The van der Waals surface area contributed by atoms with Gasteiger partial charge in [-0.15, -0.1) is 0 Å². The van der Waals surface area contributed by atoms with Crippen LogP contribution in [0, 0.1) is 12.8 Å². The van der Waals surface area contributed by atoms with Crippen LogP contribution in [-0.4, -0.2) is 25.1 Å². The molecule has 0 fully saturated rings. The van der Waals surface area contributed by atoms with Crippen LogP contribution in [0.3, 0.4) is 0 Å². The molecule has 7 heteroatoms. The summed E-state index contributed by atoms with van der Waals surface area (Å²) in [6, 6.07) is 9.92. The topological polar surface area (TPSA) is 64.6 Å². The van der Waals surface area contributed by atoms with E-state index in [9.17, 15) is 9.59 Å². The number of amides is 1. The van der Waals surface area contributed by atoms with Crippen LogP contribution in [0.2, 0.25) is 10.0 Å².